The van der Waals surface area contributed by atoms with Crippen LogP contribution in [0.25, 0.3) is 0 Å². The molecular formula is C17H17BrN2O2. The smallest absolute Gasteiger partial charge is 0.277 e. The molecule has 0 saturated heterocycles. The molecule has 1 amide bonds. The molecule has 0 radical (unpaired) electrons. The summed E-state index contributed by atoms with van der Waals surface area (Å²) >= 11 is 3.37. The van der Waals surface area contributed by atoms with Crippen LogP contribution in [0.4, 0.5) is 0 Å². The van der Waals surface area contributed by atoms with Gasteiger partial charge in [0, 0.05) is 4.47 Å². The summed E-state index contributed by atoms with van der Waals surface area (Å²) in [7, 11) is 0. The molecule has 0 atom stereocenters. The number of nitrogens with one attached hydrogen (secondary N) is 1. The van der Waals surface area contributed by atoms with Crippen molar-refractivity contribution in [1.29, 1.82) is 0 Å². The zero-order valence-corrected chi connectivity index (χ0v) is 13.8. The van der Waals surface area contributed by atoms with Crippen molar-refractivity contribution in [3.05, 3.63) is 64.1 Å². The summed E-state index contributed by atoms with van der Waals surface area (Å²) in [5.74, 6) is 0.370. The number of carbonyl (C=O) groups is 1. The second-order valence-electron chi connectivity index (χ2n) is 4.63. The van der Waals surface area contributed by atoms with Crippen LogP contribution in [0.2, 0.25) is 0 Å². The maximum Gasteiger partial charge on any atom is 0.277 e. The van der Waals surface area contributed by atoms with Crippen molar-refractivity contribution in [2.24, 2.45) is 5.10 Å². The quantitative estimate of drug-likeness (QED) is 0.632. The fourth-order valence-corrected chi connectivity index (χ4v) is 2.19. The van der Waals surface area contributed by atoms with Crippen LogP contribution in [0.1, 0.15) is 18.1 Å². The summed E-state index contributed by atoms with van der Waals surface area (Å²) in [6.45, 7) is 2.02. The fraction of sp³-hybridized carbons (Fsp3) is 0.176. The van der Waals surface area contributed by atoms with Crippen molar-refractivity contribution in [3.8, 4) is 5.75 Å². The van der Waals surface area contributed by atoms with Crippen molar-refractivity contribution in [2.75, 3.05) is 6.61 Å². The van der Waals surface area contributed by atoms with E-state index >= 15 is 0 Å². The minimum atomic E-state index is -0.300. The number of carbonyl (C=O) groups excluding carboxylic acids is 1. The van der Waals surface area contributed by atoms with Crippen LogP contribution >= 0.6 is 15.9 Å². The molecule has 0 spiro atoms. The van der Waals surface area contributed by atoms with E-state index in [-0.39, 0.29) is 12.5 Å². The fourth-order valence-electron chi connectivity index (χ4n) is 1.77. The maximum atomic E-state index is 11.6. The van der Waals surface area contributed by atoms with Crippen LogP contribution in [0.5, 0.6) is 5.75 Å². The van der Waals surface area contributed by atoms with Gasteiger partial charge in [0.1, 0.15) is 5.75 Å². The second-order valence-corrected chi connectivity index (χ2v) is 5.55. The predicted octanol–water partition coefficient (Wildman–Crippen LogP) is 3.54. The Morgan fingerprint density at radius 3 is 2.73 bits per heavy atom. The average molecular weight is 361 g/mol. The average Bonchev–Trinajstić information content (AvgIpc) is 2.53. The molecule has 114 valence electrons. The Morgan fingerprint density at radius 1 is 1.27 bits per heavy atom. The number of amides is 1. The molecule has 4 nitrogen and oxygen atoms in total. The van der Waals surface area contributed by atoms with Gasteiger partial charge in [0.25, 0.3) is 5.91 Å². The Bertz CT molecular complexity index is 654. The first-order valence-electron chi connectivity index (χ1n) is 6.96. The van der Waals surface area contributed by atoms with Gasteiger partial charge in [0.2, 0.25) is 0 Å². The van der Waals surface area contributed by atoms with E-state index in [1.54, 1.807) is 6.21 Å². The summed E-state index contributed by atoms with van der Waals surface area (Å²) in [5, 5.41) is 3.90. The van der Waals surface area contributed by atoms with Gasteiger partial charge in [-0.1, -0.05) is 47.1 Å². The van der Waals surface area contributed by atoms with E-state index in [0.29, 0.717) is 5.75 Å². The van der Waals surface area contributed by atoms with Gasteiger partial charge in [0.15, 0.2) is 6.61 Å². The van der Waals surface area contributed by atoms with Gasteiger partial charge in [-0.15, -0.1) is 0 Å². The molecule has 0 aromatic heterocycles. The summed E-state index contributed by atoms with van der Waals surface area (Å²) in [5.41, 5.74) is 4.56. The van der Waals surface area contributed by atoms with Crippen LogP contribution in [0.15, 0.2) is 58.1 Å². The van der Waals surface area contributed by atoms with E-state index < -0.39 is 0 Å². The van der Waals surface area contributed by atoms with E-state index in [4.69, 9.17) is 4.74 Å². The molecule has 0 fully saturated rings. The van der Waals surface area contributed by atoms with Gasteiger partial charge in [0.05, 0.1) is 6.21 Å². The van der Waals surface area contributed by atoms with Gasteiger partial charge in [-0.25, -0.2) is 5.43 Å². The third kappa shape index (κ3) is 5.33. The molecule has 0 heterocycles. The van der Waals surface area contributed by atoms with Crippen LogP contribution in [-0.2, 0) is 11.2 Å². The SMILES string of the molecule is CCc1ccc(OCC(=O)N/N=C/c2cccc(Br)c2)cc1. The van der Waals surface area contributed by atoms with E-state index in [9.17, 15) is 4.79 Å². The zero-order chi connectivity index (χ0) is 15.8. The Morgan fingerprint density at radius 2 is 2.05 bits per heavy atom. The first kappa shape index (κ1) is 16.2. The molecule has 0 saturated carbocycles. The lowest BCUT2D eigenvalue weighted by Gasteiger charge is -2.05. The molecule has 22 heavy (non-hydrogen) atoms. The Hall–Kier alpha value is -2.14. The number of hydrazone groups is 1. The Kier molecular flexibility index (Phi) is 6.15. The highest BCUT2D eigenvalue weighted by Crippen LogP contribution is 2.12. The van der Waals surface area contributed by atoms with Gasteiger partial charge in [-0.2, -0.15) is 5.10 Å². The van der Waals surface area contributed by atoms with Crippen molar-refractivity contribution in [1.82, 2.24) is 5.43 Å². The van der Waals surface area contributed by atoms with Crippen molar-refractivity contribution in [3.63, 3.8) is 0 Å². The van der Waals surface area contributed by atoms with Crippen LogP contribution < -0.4 is 10.2 Å². The minimum absolute atomic E-state index is 0.0682. The number of halogens is 1. The van der Waals surface area contributed by atoms with Crippen molar-refractivity contribution < 1.29 is 9.53 Å². The molecule has 0 unspecified atom stereocenters. The highest BCUT2D eigenvalue weighted by atomic mass is 79.9. The molecule has 1 N–H and O–H groups in total. The summed E-state index contributed by atoms with van der Waals surface area (Å²) in [6, 6.07) is 15.3. The molecule has 0 bridgehead atoms. The number of benzene rings is 2. The first-order chi connectivity index (χ1) is 10.7. The lowest BCUT2D eigenvalue weighted by molar-refractivity contribution is -0.123. The third-order valence-corrected chi connectivity index (χ3v) is 3.45. The zero-order valence-electron chi connectivity index (χ0n) is 12.3. The molecular weight excluding hydrogens is 344 g/mol. The molecule has 0 aliphatic carbocycles. The molecule has 2 aromatic carbocycles. The maximum absolute atomic E-state index is 11.6. The molecule has 0 aliphatic heterocycles. The standard InChI is InChI=1S/C17H17BrN2O2/c1-2-13-6-8-16(9-7-13)22-12-17(21)20-19-11-14-4-3-5-15(18)10-14/h3-11H,2,12H2,1H3,(H,20,21)/b19-11+. The molecule has 5 heteroatoms. The molecule has 2 aromatic rings. The minimum Gasteiger partial charge on any atom is -0.484 e. The lowest BCUT2D eigenvalue weighted by Crippen LogP contribution is -2.24. The van der Waals surface area contributed by atoms with E-state index in [1.165, 1.54) is 5.56 Å². The number of hydrogen-bond donors (Lipinski definition) is 1. The van der Waals surface area contributed by atoms with Gasteiger partial charge >= 0.3 is 0 Å². The highest BCUT2D eigenvalue weighted by Gasteiger charge is 2.01. The van der Waals surface area contributed by atoms with Gasteiger partial charge < -0.3 is 4.74 Å². The van der Waals surface area contributed by atoms with Crippen LogP contribution in [-0.4, -0.2) is 18.7 Å². The largest absolute Gasteiger partial charge is 0.484 e. The van der Waals surface area contributed by atoms with E-state index in [1.807, 2.05) is 48.5 Å². The highest BCUT2D eigenvalue weighted by molar-refractivity contribution is 9.10. The number of ether oxygens (including phenoxy) is 1. The molecule has 0 aliphatic rings. The monoisotopic (exact) mass is 360 g/mol. The van der Waals surface area contributed by atoms with Crippen molar-refractivity contribution in [2.45, 2.75) is 13.3 Å². The number of nitrogens with zero attached hydrogens (tertiary/aromatic N) is 1. The Labute approximate surface area is 138 Å². The normalized spacial score (nSPS) is 10.6. The van der Waals surface area contributed by atoms with Gasteiger partial charge in [-0.3, -0.25) is 4.79 Å². The first-order valence-corrected chi connectivity index (χ1v) is 7.76. The summed E-state index contributed by atoms with van der Waals surface area (Å²) < 4.78 is 6.36. The topological polar surface area (TPSA) is 50.7 Å². The predicted molar refractivity (Wildman–Crippen MR) is 91.2 cm³/mol. The number of hydrogen-bond acceptors (Lipinski definition) is 3. The lowest BCUT2D eigenvalue weighted by atomic mass is 10.2. The van der Waals surface area contributed by atoms with E-state index in [2.05, 4.69) is 33.4 Å². The number of aryl methyl sites for hydroxylation is 1. The summed E-state index contributed by atoms with van der Waals surface area (Å²) in [4.78, 5) is 11.6. The molecule has 2 rings (SSSR count). The van der Waals surface area contributed by atoms with Gasteiger partial charge in [-0.05, 0) is 41.8 Å². The summed E-state index contributed by atoms with van der Waals surface area (Å²) in [6.07, 6.45) is 2.56. The van der Waals surface area contributed by atoms with Crippen LogP contribution in [0.3, 0.4) is 0 Å². The number of rotatable bonds is 6. The second kappa shape index (κ2) is 8.34. The van der Waals surface area contributed by atoms with E-state index in [0.717, 1.165) is 16.5 Å². The van der Waals surface area contributed by atoms with Crippen molar-refractivity contribution >= 4 is 28.1 Å². The third-order valence-electron chi connectivity index (χ3n) is 2.95. The Balaban J connectivity index is 1.77. The van der Waals surface area contributed by atoms with Crippen LogP contribution in [0, 0.1) is 0 Å².